The zero-order chi connectivity index (χ0) is 24.2. The third kappa shape index (κ3) is 5.36. The number of nitrogens with zero attached hydrogens (tertiary/aromatic N) is 1. The number of anilines is 1. The van der Waals surface area contributed by atoms with Crippen molar-refractivity contribution in [3.05, 3.63) is 91.8 Å². The molecule has 0 saturated carbocycles. The van der Waals surface area contributed by atoms with Crippen LogP contribution in [0, 0.1) is 0 Å². The molecule has 3 aromatic carbocycles. The summed E-state index contributed by atoms with van der Waals surface area (Å²) in [6.07, 6.45) is 1.65. The fourth-order valence-electron chi connectivity index (χ4n) is 3.25. The minimum atomic E-state index is -0.430. The third-order valence-corrected chi connectivity index (χ3v) is 6.76. The number of thioether (sulfide) groups is 1. The summed E-state index contributed by atoms with van der Waals surface area (Å²) in [6, 6.07) is 17.3. The Morgan fingerprint density at radius 2 is 1.68 bits per heavy atom. The second kappa shape index (κ2) is 10.7. The lowest BCUT2D eigenvalue weighted by atomic mass is 10.1. The Bertz CT molecular complexity index is 1290. The number of carbonyl (C=O) groups is 2. The molecule has 0 unspecified atom stereocenters. The molecule has 34 heavy (non-hydrogen) atoms. The Morgan fingerprint density at radius 3 is 2.41 bits per heavy atom. The molecule has 1 fully saturated rings. The first kappa shape index (κ1) is 24.5. The molecular formula is C25H18Cl3NO4S. The Hall–Kier alpha value is -2.64. The summed E-state index contributed by atoms with van der Waals surface area (Å²) in [4.78, 5) is 26.8. The van der Waals surface area contributed by atoms with Gasteiger partial charge in [0.05, 0.1) is 32.3 Å². The van der Waals surface area contributed by atoms with Crippen LogP contribution >= 0.6 is 46.6 Å². The molecule has 1 saturated heterocycles. The van der Waals surface area contributed by atoms with Crippen molar-refractivity contribution < 1.29 is 19.1 Å². The molecule has 0 aliphatic carbocycles. The minimum absolute atomic E-state index is 0.271. The van der Waals surface area contributed by atoms with Crippen LogP contribution in [0.2, 0.25) is 15.1 Å². The number of amides is 2. The summed E-state index contributed by atoms with van der Waals surface area (Å²) in [5.41, 5.74) is 1.90. The lowest BCUT2D eigenvalue weighted by molar-refractivity contribution is -0.113. The molecule has 174 valence electrons. The molecule has 3 aromatic rings. The first-order valence-corrected chi connectivity index (χ1v) is 12.2. The van der Waals surface area contributed by atoms with Crippen molar-refractivity contribution in [2.45, 2.75) is 13.5 Å². The Morgan fingerprint density at radius 1 is 0.882 bits per heavy atom. The highest BCUT2D eigenvalue weighted by atomic mass is 35.5. The molecule has 0 N–H and O–H groups in total. The molecule has 0 bridgehead atoms. The predicted molar refractivity (Wildman–Crippen MR) is 138 cm³/mol. The predicted octanol–water partition coefficient (Wildman–Crippen LogP) is 7.87. The van der Waals surface area contributed by atoms with Gasteiger partial charge in [0.25, 0.3) is 11.1 Å². The van der Waals surface area contributed by atoms with E-state index >= 15 is 0 Å². The van der Waals surface area contributed by atoms with Crippen molar-refractivity contribution in [2.24, 2.45) is 0 Å². The van der Waals surface area contributed by atoms with E-state index in [1.807, 2.05) is 13.0 Å². The van der Waals surface area contributed by atoms with E-state index in [1.165, 1.54) is 0 Å². The minimum Gasteiger partial charge on any atom is -0.490 e. The van der Waals surface area contributed by atoms with Crippen molar-refractivity contribution in [1.82, 2.24) is 0 Å². The molecule has 4 rings (SSSR count). The van der Waals surface area contributed by atoms with E-state index in [1.54, 1.807) is 60.7 Å². The van der Waals surface area contributed by atoms with Gasteiger partial charge in [0.2, 0.25) is 0 Å². The maximum atomic E-state index is 12.9. The van der Waals surface area contributed by atoms with Gasteiger partial charge in [0.1, 0.15) is 6.61 Å². The highest BCUT2D eigenvalue weighted by molar-refractivity contribution is 8.19. The van der Waals surface area contributed by atoms with E-state index in [9.17, 15) is 9.59 Å². The lowest BCUT2D eigenvalue weighted by Gasteiger charge is -2.14. The number of hydrogen-bond donors (Lipinski definition) is 0. The van der Waals surface area contributed by atoms with Crippen LogP contribution < -0.4 is 14.4 Å². The van der Waals surface area contributed by atoms with Crippen molar-refractivity contribution in [3.8, 4) is 11.5 Å². The molecule has 0 aromatic heterocycles. The molecule has 5 nitrogen and oxygen atoms in total. The number of rotatable bonds is 7. The molecule has 9 heteroatoms. The molecule has 1 aliphatic rings. The van der Waals surface area contributed by atoms with Gasteiger partial charge in [-0.2, -0.15) is 0 Å². The van der Waals surface area contributed by atoms with Crippen molar-refractivity contribution in [1.29, 1.82) is 0 Å². The quantitative estimate of drug-likeness (QED) is 0.289. The molecule has 0 spiro atoms. The number of carbonyl (C=O) groups excluding carboxylic acids is 2. The average molecular weight is 535 g/mol. The summed E-state index contributed by atoms with van der Waals surface area (Å²) < 4.78 is 11.7. The summed E-state index contributed by atoms with van der Waals surface area (Å²) in [5, 5.41) is 0.849. The zero-order valence-corrected chi connectivity index (χ0v) is 21.0. The van der Waals surface area contributed by atoms with Crippen LogP contribution in [0.1, 0.15) is 18.1 Å². The standard InChI is InChI=1S/C25H18Cl3NO4S/c1-2-32-22-12-15(8-10-21(22)33-14-16-7-9-17(26)19(28)11-16)13-23-24(30)29(25(31)34-23)20-6-4-3-5-18(20)27/h3-13H,2,14H2,1H3/b23-13-. The summed E-state index contributed by atoms with van der Waals surface area (Å²) in [5.74, 6) is 0.622. The second-order valence-electron chi connectivity index (χ2n) is 7.14. The lowest BCUT2D eigenvalue weighted by Crippen LogP contribution is -2.27. The van der Waals surface area contributed by atoms with Gasteiger partial charge < -0.3 is 9.47 Å². The monoisotopic (exact) mass is 533 g/mol. The molecule has 0 atom stereocenters. The van der Waals surface area contributed by atoms with E-state index in [2.05, 4.69) is 0 Å². The fourth-order valence-corrected chi connectivity index (χ4v) is 4.63. The average Bonchev–Trinajstić information content (AvgIpc) is 3.09. The number of benzene rings is 3. The highest BCUT2D eigenvalue weighted by Crippen LogP contribution is 2.39. The van der Waals surface area contributed by atoms with Gasteiger partial charge in [-0.1, -0.05) is 59.1 Å². The first-order valence-electron chi connectivity index (χ1n) is 10.2. The molecule has 1 heterocycles. The topological polar surface area (TPSA) is 55.8 Å². The van der Waals surface area contributed by atoms with E-state index in [4.69, 9.17) is 44.3 Å². The van der Waals surface area contributed by atoms with Crippen LogP contribution in [-0.2, 0) is 11.4 Å². The van der Waals surface area contributed by atoms with Gasteiger partial charge in [-0.25, -0.2) is 4.90 Å². The Labute approximate surface area is 216 Å². The summed E-state index contributed by atoms with van der Waals surface area (Å²) in [7, 11) is 0. The third-order valence-electron chi connectivity index (χ3n) is 4.83. The van der Waals surface area contributed by atoms with Gasteiger partial charge in [-0.05, 0) is 72.3 Å². The number of hydrogen-bond acceptors (Lipinski definition) is 5. The maximum Gasteiger partial charge on any atom is 0.298 e. The second-order valence-corrected chi connectivity index (χ2v) is 9.36. The zero-order valence-electron chi connectivity index (χ0n) is 17.9. The van der Waals surface area contributed by atoms with E-state index < -0.39 is 11.1 Å². The van der Waals surface area contributed by atoms with Crippen molar-refractivity contribution in [2.75, 3.05) is 11.5 Å². The molecule has 0 radical (unpaired) electrons. The normalized spacial score (nSPS) is 14.7. The SMILES string of the molecule is CCOc1cc(/C=C2\SC(=O)N(c3ccccc3Cl)C2=O)ccc1OCc1ccc(Cl)c(Cl)c1. The smallest absolute Gasteiger partial charge is 0.298 e. The largest absolute Gasteiger partial charge is 0.490 e. The van der Waals surface area contributed by atoms with Crippen LogP contribution in [0.25, 0.3) is 6.08 Å². The number of ether oxygens (including phenoxy) is 2. The fraction of sp³-hybridized carbons (Fsp3) is 0.120. The van der Waals surface area contributed by atoms with E-state index in [0.717, 1.165) is 22.2 Å². The molecule has 1 aliphatic heterocycles. The van der Waals surface area contributed by atoms with Crippen LogP contribution in [0.5, 0.6) is 11.5 Å². The molecular weight excluding hydrogens is 517 g/mol. The van der Waals surface area contributed by atoms with Gasteiger partial charge in [0.15, 0.2) is 11.5 Å². The Balaban J connectivity index is 1.56. The van der Waals surface area contributed by atoms with Crippen molar-refractivity contribution in [3.63, 3.8) is 0 Å². The highest BCUT2D eigenvalue weighted by Gasteiger charge is 2.37. The van der Waals surface area contributed by atoms with Crippen LogP contribution in [-0.4, -0.2) is 17.8 Å². The Kier molecular flexibility index (Phi) is 7.73. The van der Waals surface area contributed by atoms with Crippen LogP contribution in [0.15, 0.2) is 65.6 Å². The number of imide groups is 1. The van der Waals surface area contributed by atoms with E-state index in [-0.39, 0.29) is 11.5 Å². The number of para-hydroxylation sites is 1. The van der Waals surface area contributed by atoms with Crippen LogP contribution in [0.4, 0.5) is 10.5 Å². The van der Waals surface area contributed by atoms with Gasteiger partial charge in [-0.15, -0.1) is 0 Å². The maximum absolute atomic E-state index is 12.9. The number of halogens is 3. The summed E-state index contributed by atoms with van der Waals surface area (Å²) >= 11 is 19.1. The van der Waals surface area contributed by atoms with Gasteiger partial charge >= 0.3 is 0 Å². The van der Waals surface area contributed by atoms with E-state index in [0.29, 0.717) is 44.4 Å². The van der Waals surface area contributed by atoms with Crippen LogP contribution in [0.3, 0.4) is 0 Å². The summed E-state index contributed by atoms with van der Waals surface area (Å²) in [6.45, 7) is 2.56. The van der Waals surface area contributed by atoms with Crippen molar-refractivity contribution >= 4 is 69.5 Å². The molecule has 2 amide bonds. The van der Waals surface area contributed by atoms with Gasteiger partial charge in [-0.3, -0.25) is 9.59 Å². The van der Waals surface area contributed by atoms with Gasteiger partial charge in [0, 0.05) is 0 Å². The first-order chi connectivity index (χ1) is 16.4.